The summed E-state index contributed by atoms with van der Waals surface area (Å²) in [6.07, 6.45) is 0. The Labute approximate surface area is 87.3 Å². The summed E-state index contributed by atoms with van der Waals surface area (Å²) >= 11 is 0. The Kier molecular flexibility index (Phi) is 3.57. The van der Waals surface area contributed by atoms with Gasteiger partial charge in [0, 0.05) is 19.5 Å². The molecule has 0 aliphatic rings. The molecule has 0 amide bonds. The Balaban J connectivity index is 2.70. The van der Waals surface area contributed by atoms with Gasteiger partial charge in [0.15, 0.2) is 6.61 Å². The number of nitrogens with two attached hydrogens (primary N) is 1. The van der Waals surface area contributed by atoms with E-state index in [0.29, 0.717) is 5.69 Å². The molecule has 0 saturated carbocycles. The number of pyridine rings is 1. The summed E-state index contributed by atoms with van der Waals surface area (Å²) in [5, 5.41) is 0. The minimum absolute atomic E-state index is 0.183. The molecular formula is C10H14F2N2O. The molecule has 1 heterocycles. The SMILES string of the molecule is Cc1ccc(OCC(C)(F)F)nc1CN. The average Bonchev–Trinajstić information content (AvgIpc) is 2.15. The first-order valence-corrected chi connectivity index (χ1v) is 4.59. The number of nitrogens with zero attached hydrogens (tertiary/aromatic N) is 1. The molecule has 1 rings (SSSR count). The van der Waals surface area contributed by atoms with Crippen LogP contribution < -0.4 is 10.5 Å². The summed E-state index contributed by atoms with van der Waals surface area (Å²) in [5.41, 5.74) is 7.02. The van der Waals surface area contributed by atoms with Crippen molar-refractivity contribution in [2.45, 2.75) is 26.3 Å². The van der Waals surface area contributed by atoms with Crippen LogP contribution in [0.5, 0.6) is 5.88 Å². The Morgan fingerprint density at radius 3 is 2.67 bits per heavy atom. The summed E-state index contributed by atoms with van der Waals surface area (Å²) in [7, 11) is 0. The Morgan fingerprint density at radius 1 is 1.47 bits per heavy atom. The molecule has 0 atom stereocenters. The standard InChI is InChI=1S/C10H14F2N2O/c1-7-3-4-9(14-8(7)5-13)15-6-10(2,11)12/h3-4H,5-6,13H2,1-2H3. The maximum Gasteiger partial charge on any atom is 0.278 e. The molecule has 0 saturated heterocycles. The van der Waals surface area contributed by atoms with Crippen molar-refractivity contribution >= 4 is 0 Å². The average molecular weight is 216 g/mol. The van der Waals surface area contributed by atoms with Gasteiger partial charge in [-0.15, -0.1) is 0 Å². The third-order valence-corrected chi connectivity index (χ3v) is 1.84. The van der Waals surface area contributed by atoms with Gasteiger partial charge in [0.1, 0.15) is 0 Å². The highest BCUT2D eigenvalue weighted by Crippen LogP contribution is 2.16. The van der Waals surface area contributed by atoms with E-state index in [-0.39, 0.29) is 12.4 Å². The van der Waals surface area contributed by atoms with Crippen LogP contribution in [0.3, 0.4) is 0 Å². The van der Waals surface area contributed by atoms with E-state index >= 15 is 0 Å². The van der Waals surface area contributed by atoms with Crippen molar-refractivity contribution in [2.75, 3.05) is 6.61 Å². The second kappa shape index (κ2) is 4.53. The number of rotatable bonds is 4. The molecule has 0 aliphatic carbocycles. The number of alkyl halides is 2. The van der Waals surface area contributed by atoms with Gasteiger partial charge in [-0.2, -0.15) is 0 Å². The molecule has 0 aromatic carbocycles. The summed E-state index contributed by atoms with van der Waals surface area (Å²) in [4.78, 5) is 4.01. The predicted molar refractivity (Wildman–Crippen MR) is 53.0 cm³/mol. The Hall–Kier alpha value is -1.23. The molecule has 1 aromatic heterocycles. The van der Waals surface area contributed by atoms with Gasteiger partial charge in [-0.3, -0.25) is 0 Å². The minimum Gasteiger partial charge on any atom is -0.471 e. The van der Waals surface area contributed by atoms with E-state index < -0.39 is 12.5 Å². The van der Waals surface area contributed by atoms with Crippen LogP contribution >= 0.6 is 0 Å². The fourth-order valence-corrected chi connectivity index (χ4v) is 1.04. The molecule has 1 aromatic rings. The van der Waals surface area contributed by atoms with Crippen LogP contribution in [0.15, 0.2) is 12.1 Å². The first-order valence-electron chi connectivity index (χ1n) is 4.59. The van der Waals surface area contributed by atoms with Gasteiger partial charge >= 0.3 is 0 Å². The summed E-state index contributed by atoms with van der Waals surface area (Å²) < 4.78 is 29.8. The van der Waals surface area contributed by atoms with Crippen LogP contribution in [0.2, 0.25) is 0 Å². The largest absolute Gasteiger partial charge is 0.471 e. The molecule has 0 unspecified atom stereocenters. The summed E-state index contributed by atoms with van der Waals surface area (Å²) in [5.74, 6) is -2.67. The maximum absolute atomic E-state index is 12.5. The quantitative estimate of drug-likeness (QED) is 0.836. The molecular weight excluding hydrogens is 202 g/mol. The predicted octanol–water partition coefficient (Wildman–Crippen LogP) is 1.88. The van der Waals surface area contributed by atoms with E-state index in [2.05, 4.69) is 4.98 Å². The smallest absolute Gasteiger partial charge is 0.278 e. The molecule has 84 valence electrons. The lowest BCUT2D eigenvalue weighted by Crippen LogP contribution is -2.21. The third-order valence-electron chi connectivity index (χ3n) is 1.84. The second-order valence-electron chi connectivity index (χ2n) is 3.48. The zero-order chi connectivity index (χ0) is 11.5. The highest BCUT2D eigenvalue weighted by Gasteiger charge is 2.22. The molecule has 3 nitrogen and oxygen atoms in total. The minimum atomic E-state index is -2.85. The van der Waals surface area contributed by atoms with E-state index in [1.165, 1.54) is 0 Å². The van der Waals surface area contributed by atoms with E-state index in [0.717, 1.165) is 12.5 Å². The van der Waals surface area contributed by atoms with Crippen LogP contribution in [0.4, 0.5) is 8.78 Å². The highest BCUT2D eigenvalue weighted by molar-refractivity contribution is 5.24. The zero-order valence-electron chi connectivity index (χ0n) is 8.76. The van der Waals surface area contributed by atoms with E-state index in [1.807, 2.05) is 6.92 Å². The van der Waals surface area contributed by atoms with Crippen LogP contribution in [-0.4, -0.2) is 17.5 Å². The number of hydrogen-bond donors (Lipinski definition) is 1. The van der Waals surface area contributed by atoms with Gasteiger partial charge in [0.2, 0.25) is 5.88 Å². The van der Waals surface area contributed by atoms with Crippen molar-refractivity contribution in [3.63, 3.8) is 0 Å². The molecule has 0 aliphatic heterocycles. The van der Waals surface area contributed by atoms with Gasteiger partial charge in [-0.05, 0) is 12.5 Å². The number of aryl methyl sites for hydroxylation is 1. The van der Waals surface area contributed by atoms with E-state index in [1.54, 1.807) is 12.1 Å². The lowest BCUT2D eigenvalue weighted by atomic mass is 10.2. The van der Waals surface area contributed by atoms with Gasteiger partial charge in [-0.25, -0.2) is 13.8 Å². The lowest BCUT2D eigenvalue weighted by Gasteiger charge is -2.12. The van der Waals surface area contributed by atoms with Crippen LogP contribution in [0.25, 0.3) is 0 Å². The number of ether oxygens (including phenoxy) is 1. The topological polar surface area (TPSA) is 48.1 Å². The fraction of sp³-hybridized carbons (Fsp3) is 0.500. The van der Waals surface area contributed by atoms with Crippen molar-refractivity contribution in [1.29, 1.82) is 0 Å². The molecule has 0 bridgehead atoms. The Morgan fingerprint density at radius 2 is 2.13 bits per heavy atom. The van der Waals surface area contributed by atoms with Crippen molar-refractivity contribution < 1.29 is 13.5 Å². The molecule has 0 radical (unpaired) electrons. The second-order valence-corrected chi connectivity index (χ2v) is 3.48. The molecule has 2 N–H and O–H groups in total. The summed E-state index contributed by atoms with van der Waals surface area (Å²) in [6, 6.07) is 3.30. The molecule has 0 spiro atoms. The lowest BCUT2D eigenvalue weighted by molar-refractivity contribution is -0.0242. The molecule has 0 fully saturated rings. The van der Waals surface area contributed by atoms with E-state index in [9.17, 15) is 8.78 Å². The number of aromatic nitrogens is 1. The normalized spacial score (nSPS) is 11.5. The monoisotopic (exact) mass is 216 g/mol. The van der Waals surface area contributed by atoms with Crippen LogP contribution in [0.1, 0.15) is 18.2 Å². The maximum atomic E-state index is 12.5. The first kappa shape index (κ1) is 11.8. The van der Waals surface area contributed by atoms with E-state index in [4.69, 9.17) is 10.5 Å². The van der Waals surface area contributed by atoms with Crippen LogP contribution in [-0.2, 0) is 6.54 Å². The van der Waals surface area contributed by atoms with Crippen molar-refractivity contribution in [3.8, 4) is 5.88 Å². The first-order chi connectivity index (χ1) is 6.92. The van der Waals surface area contributed by atoms with Crippen molar-refractivity contribution in [3.05, 3.63) is 23.4 Å². The van der Waals surface area contributed by atoms with Gasteiger partial charge < -0.3 is 10.5 Å². The summed E-state index contributed by atoms with van der Waals surface area (Å²) in [6.45, 7) is 2.25. The van der Waals surface area contributed by atoms with Crippen molar-refractivity contribution in [2.24, 2.45) is 5.73 Å². The van der Waals surface area contributed by atoms with Gasteiger partial charge in [0.25, 0.3) is 5.92 Å². The molecule has 15 heavy (non-hydrogen) atoms. The van der Waals surface area contributed by atoms with Crippen LogP contribution in [0, 0.1) is 6.92 Å². The fourth-order valence-electron chi connectivity index (χ4n) is 1.04. The van der Waals surface area contributed by atoms with Gasteiger partial charge in [-0.1, -0.05) is 6.07 Å². The highest BCUT2D eigenvalue weighted by atomic mass is 19.3. The van der Waals surface area contributed by atoms with Crippen molar-refractivity contribution in [1.82, 2.24) is 4.98 Å². The third kappa shape index (κ3) is 3.79. The zero-order valence-corrected chi connectivity index (χ0v) is 8.76. The number of halogens is 2. The molecule has 5 heteroatoms. The number of hydrogen-bond acceptors (Lipinski definition) is 3. The van der Waals surface area contributed by atoms with Gasteiger partial charge in [0.05, 0.1) is 5.69 Å². The Bertz CT molecular complexity index is 337.